The van der Waals surface area contributed by atoms with E-state index in [2.05, 4.69) is 46.4 Å². The number of aromatic carboxylic acids is 1. The van der Waals surface area contributed by atoms with Crippen LogP contribution in [0.15, 0.2) is 51.8 Å². The van der Waals surface area contributed by atoms with E-state index >= 15 is 0 Å². The molecule has 1 aromatic heterocycles. The zero-order valence-electron chi connectivity index (χ0n) is 15.0. The Balaban J connectivity index is 1.93. The van der Waals surface area contributed by atoms with Crippen LogP contribution in [0.3, 0.4) is 0 Å². The van der Waals surface area contributed by atoms with Crippen LogP contribution in [0.4, 0.5) is 5.69 Å². The lowest BCUT2D eigenvalue weighted by atomic mass is 9.87. The molecule has 0 radical (unpaired) electrons. The quantitative estimate of drug-likeness (QED) is 0.534. The molecule has 0 atom stereocenters. The lowest BCUT2D eigenvalue weighted by Crippen LogP contribution is -2.14. The van der Waals surface area contributed by atoms with Gasteiger partial charge in [0.15, 0.2) is 0 Å². The minimum atomic E-state index is -3.76. The van der Waals surface area contributed by atoms with Gasteiger partial charge in [0.05, 0.1) is 9.37 Å². The maximum absolute atomic E-state index is 12.7. The molecule has 0 unspecified atom stereocenters. The van der Waals surface area contributed by atoms with E-state index in [1.54, 1.807) is 42.5 Å². The van der Waals surface area contributed by atoms with Crippen LogP contribution in [-0.4, -0.2) is 24.5 Å². The summed E-state index contributed by atoms with van der Waals surface area (Å²) in [5.41, 5.74) is 1.93. The molecule has 0 amide bonds. The highest BCUT2D eigenvalue weighted by Gasteiger charge is 2.19. The number of anilines is 1. The third-order valence-electron chi connectivity index (χ3n) is 4.23. The first-order valence-electron chi connectivity index (χ1n) is 8.17. The van der Waals surface area contributed by atoms with Gasteiger partial charge in [0.25, 0.3) is 10.0 Å². The van der Waals surface area contributed by atoms with Gasteiger partial charge >= 0.3 is 5.97 Å². The number of carboxylic acid groups (broad SMARTS) is 1. The highest BCUT2D eigenvalue weighted by molar-refractivity contribution is 9.10. The molecule has 0 aliphatic rings. The molecule has 8 heteroatoms. The molecule has 0 saturated carbocycles. The van der Waals surface area contributed by atoms with Crippen LogP contribution in [0.2, 0.25) is 0 Å². The van der Waals surface area contributed by atoms with Gasteiger partial charge in [-0.05, 0) is 57.2 Å². The Labute approximate surface area is 165 Å². The van der Waals surface area contributed by atoms with Gasteiger partial charge in [-0.25, -0.2) is 13.2 Å². The van der Waals surface area contributed by atoms with E-state index in [-0.39, 0.29) is 16.0 Å². The van der Waals surface area contributed by atoms with Crippen LogP contribution in [0.25, 0.3) is 10.9 Å². The molecule has 3 rings (SSSR count). The van der Waals surface area contributed by atoms with Crippen molar-refractivity contribution in [1.82, 2.24) is 4.98 Å². The van der Waals surface area contributed by atoms with Crippen molar-refractivity contribution in [3.8, 4) is 0 Å². The van der Waals surface area contributed by atoms with E-state index < -0.39 is 16.0 Å². The van der Waals surface area contributed by atoms with Gasteiger partial charge in [0.1, 0.15) is 5.69 Å². The Morgan fingerprint density at radius 2 is 1.74 bits per heavy atom. The molecular formula is C19H19BrN2O4S. The largest absolute Gasteiger partial charge is 0.477 e. The summed E-state index contributed by atoms with van der Waals surface area (Å²) in [7, 11) is -3.76. The topological polar surface area (TPSA) is 99.3 Å². The maximum atomic E-state index is 12.7. The van der Waals surface area contributed by atoms with Crippen molar-refractivity contribution in [3.63, 3.8) is 0 Å². The molecule has 6 nitrogen and oxygen atoms in total. The molecule has 0 bridgehead atoms. The molecule has 0 fully saturated rings. The predicted octanol–water partition coefficient (Wildman–Crippen LogP) is 4.73. The van der Waals surface area contributed by atoms with Gasteiger partial charge in [-0.1, -0.05) is 32.9 Å². The van der Waals surface area contributed by atoms with Gasteiger partial charge in [-0.2, -0.15) is 0 Å². The first kappa shape index (κ1) is 19.4. The van der Waals surface area contributed by atoms with Gasteiger partial charge < -0.3 is 10.1 Å². The van der Waals surface area contributed by atoms with Crippen molar-refractivity contribution in [3.05, 3.63) is 58.2 Å². The molecule has 0 aliphatic carbocycles. The fourth-order valence-corrected chi connectivity index (χ4v) is 4.36. The molecule has 0 spiro atoms. The second kappa shape index (κ2) is 6.69. The standard InChI is InChI=1S/C19H19BrN2O4S/c1-19(2,3)11-4-7-13(8-5-11)27(25,26)22-12-6-9-15-14(10-12)16(20)17(21-15)18(23)24/h4-10,21-22H,1-3H3,(H,23,24). The lowest BCUT2D eigenvalue weighted by molar-refractivity contribution is 0.0690. The first-order chi connectivity index (χ1) is 12.5. The number of fused-ring (bicyclic) bond motifs is 1. The number of halogens is 1. The van der Waals surface area contributed by atoms with Crippen LogP contribution in [-0.2, 0) is 15.4 Å². The van der Waals surface area contributed by atoms with E-state index in [1.165, 1.54) is 0 Å². The van der Waals surface area contributed by atoms with Crippen LogP contribution in [0.1, 0.15) is 36.8 Å². The van der Waals surface area contributed by atoms with Gasteiger partial charge in [0.2, 0.25) is 0 Å². The van der Waals surface area contributed by atoms with Crippen LogP contribution < -0.4 is 4.72 Å². The molecule has 0 aliphatic heterocycles. The predicted molar refractivity (Wildman–Crippen MR) is 109 cm³/mol. The average molecular weight is 451 g/mol. The summed E-state index contributed by atoms with van der Waals surface area (Å²) in [4.78, 5) is 14.2. The summed E-state index contributed by atoms with van der Waals surface area (Å²) < 4.78 is 28.3. The van der Waals surface area contributed by atoms with Gasteiger partial charge in [-0.3, -0.25) is 4.72 Å². The number of carboxylic acids is 1. The van der Waals surface area contributed by atoms with Crippen molar-refractivity contribution in [2.24, 2.45) is 0 Å². The highest BCUT2D eigenvalue weighted by atomic mass is 79.9. The average Bonchev–Trinajstić information content (AvgIpc) is 2.91. The number of sulfonamides is 1. The summed E-state index contributed by atoms with van der Waals surface area (Å²) in [6.07, 6.45) is 0. The molecule has 0 saturated heterocycles. The van der Waals surface area contributed by atoms with E-state index in [9.17, 15) is 18.3 Å². The number of carbonyl (C=O) groups is 1. The molecule has 1 heterocycles. The SMILES string of the molecule is CC(C)(C)c1ccc(S(=O)(=O)Nc2ccc3[nH]c(C(=O)O)c(Br)c3c2)cc1. The van der Waals surface area contributed by atoms with E-state index in [0.29, 0.717) is 21.1 Å². The zero-order chi connectivity index (χ0) is 20.0. The number of hydrogen-bond donors (Lipinski definition) is 3. The van der Waals surface area contributed by atoms with Crippen molar-refractivity contribution < 1.29 is 18.3 Å². The fourth-order valence-electron chi connectivity index (χ4n) is 2.72. The summed E-state index contributed by atoms with van der Waals surface area (Å²) in [5, 5.41) is 9.76. The third kappa shape index (κ3) is 3.86. The van der Waals surface area contributed by atoms with Crippen LogP contribution >= 0.6 is 15.9 Å². The fraction of sp³-hybridized carbons (Fsp3) is 0.211. The second-order valence-corrected chi connectivity index (χ2v) is 9.73. The summed E-state index contributed by atoms with van der Waals surface area (Å²) >= 11 is 3.25. The van der Waals surface area contributed by atoms with Crippen LogP contribution in [0, 0.1) is 0 Å². The Bertz CT molecular complexity index is 1130. The summed E-state index contributed by atoms with van der Waals surface area (Å²) in [6, 6.07) is 11.6. The number of aromatic amines is 1. The lowest BCUT2D eigenvalue weighted by Gasteiger charge is -2.19. The number of hydrogen-bond acceptors (Lipinski definition) is 3. The Morgan fingerprint density at radius 1 is 1.11 bits per heavy atom. The van der Waals surface area contributed by atoms with E-state index in [4.69, 9.17) is 0 Å². The zero-order valence-corrected chi connectivity index (χ0v) is 17.4. The van der Waals surface area contributed by atoms with Crippen molar-refractivity contribution >= 4 is 48.5 Å². The second-order valence-electron chi connectivity index (χ2n) is 7.26. The smallest absolute Gasteiger partial charge is 0.353 e. The molecule has 2 aromatic carbocycles. The summed E-state index contributed by atoms with van der Waals surface area (Å²) in [5.74, 6) is -1.10. The molecule has 142 valence electrons. The third-order valence-corrected chi connectivity index (χ3v) is 6.45. The number of benzene rings is 2. The highest BCUT2D eigenvalue weighted by Crippen LogP contribution is 2.31. The summed E-state index contributed by atoms with van der Waals surface area (Å²) in [6.45, 7) is 6.18. The van der Waals surface area contributed by atoms with Crippen molar-refractivity contribution in [1.29, 1.82) is 0 Å². The number of nitrogens with one attached hydrogen (secondary N) is 2. The molecule has 3 aromatic rings. The minimum Gasteiger partial charge on any atom is -0.477 e. The first-order valence-corrected chi connectivity index (χ1v) is 10.4. The number of aromatic nitrogens is 1. The Kier molecular flexibility index (Phi) is 4.81. The normalized spacial score (nSPS) is 12.3. The minimum absolute atomic E-state index is 0.0165. The van der Waals surface area contributed by atoms with Crippen molar-refractivity contribution in [2.45, 2.75) is 31.1 Å². The van der Waals surface area contributed by atoms with Gasteiger partial charge in [-0.15, -0.1) is 0 Å². The number of H-pyrrole nitrogens is 1. The maximum Gasteiger partial charge on any atom is 0.353 e. The van der Waals surface area contributed by atoms with Crippen LogP contribution in [0.5, 0.6) is 0 Å². The Morgan fingerprint density at radius 3 is 2.30 bits per heavy atom. The monoisotopic (exact) mass is 450 g/mol. The van der Waals surface area contributed by atoms with Gasteiger partial charge in [0, 0.05) is 16.6 Å². The number of rotatable bonds is 4. The molecule has 3 N–H and O–H groups in total. The molecule has 27 heavy (non-hydrogen) atoms. The van der Waals surface area contributed by atoms with E-state index in [0.717, 1.165) is 5.56 Å². The van der Waals surface area contributed by atoms with Crippen molar-refractivity contribution in [2.75, 3.05) is 4.72 Å². The Hall–Kier alpha value is -2.32. The van der Waals surface area contributed by atoms with E-state index in [1.807, 2.05) is 0 Å². The molecular weight excluding hydrogens is 432 g/mol.